The molecular formula is C42H51N8O17P3S2. The summed E-state index contributed by atoms with van der Waals surface area (Å²) < 4.78 is 67.4. The number of hydrogen-bond acceptors (Lipinski definition) is 19. The number of H-pyrrole nitrogens is 1. The number of aromatic amines is 1. The minimum Gasteiger partial charge on any atom is -0.478 e. The maximum Gasteiger partial charge on any atom is 0.490 e. The second-order valence-corrected chi connectivity index (χ2v) is 24.2. The van der Waals surface area contributed by atoms with E-state index in [-0.39, 0.29) is 47.1 Å². The number of phosphoric acid groups is 3. The van der Waals surface area contributed by atoms with Gasteiger partial charge in [0, 0.05) is 70.7 Å². The molecular weight excluding hydrogens is 1050 g/mol. The van der Waals surface area contributed by atoms with E-state index in [0.29, 0.717) is 46.5 Å². The van der Waals surface area contributed by atoms with Crippen molar-refractivity contribution in [3.05, 3.63) is 86.8 Å². The van der Waals surface area contributed by atoms with Crippen molar-refractivity contribution in [1.82, 2.24) is 24.8 Å². The normalized spacial score (nSPS) is 18.4. The molecule has 1 amide bonds. The summed E-state index contributed by atoms with van der Waals surface area (Å²) in [6.45, 7) is 12.0. The molecule has 0 spiro atoms. The van der Waals surface area contributed by atoms with Crippen LogP contribution in [0.4, 0.5) is 11.6 Å². The van der Waals surface area contributed by atoms with Crippen LogP contribution >= 0.6 is 45.1 Å². The molecule has 7 rings (SSSR count). The number of carboxylic acid groups (broad SMARTS) is 1. The van der Waals surface area contributed by atoms with E-state index in [4.69, 9.17) is 33.9 Å². The number of nitrogen functional groups attached to an aromatic ring is 1. The van der Waals surface area contributed by atoms with Gasteiger partial charge in [0.25, 0.3) is 11.5 Å². The molecule has 388 valence electrons. The van der Waals surface area contributed by atoms with Gasteiger partial charge in [-0.3, -0.25) is 28.7 Å². The molecule has 0 radical (unpaired) electrons. The van der Waals surface area contributed by atoms with Crippen LogP contribution < -0.4 is 27.3 Å². The van der Waals surface area contributed by atoms with Gasteiger partial charge in [0.05, 0.1) is 30.0 Å². The molecule has 1 aliphatic carbocycles. The van der Waals surface area contributed by atoms with Crippen molar-refractivity contribution in [3.63, 3.8) is 0 Å². The summed E-state index contributed by atoms with van der Waals surface area (Å²) >= 11 is 0. The van der Waals surface area contributed by atoms with Crippen molar-refractivity contribution in [3.8, 4) is 22.5 Å². The number of benzene rings is 3. The lowest BCUT2D eigenvalue weighted by Crippen LogP contribution is -2.36. The molecule has 30 heteroatoms. The monoisotopic (exact) mass is 1100 g/mol. The van der Waals surface area contributed by atoms with Gasteiger partial charge in [0.15, 0.2) is 11.2 Å². The fraction of sp³-hybridized carbons (Fsp3) is 0.381. The maximum absolute atomic E-state index is 13.7. The third-order valence-electron chi connectivity index (χ3n) is 10.9. The number of ether oxygens (including phenoxy) is 2. The Morgan fingerprint density at radius 1 is 1.03 bits per heavy atom. The summed E-state index contributed by atoms with van der Waals surface area (Å²) in [6.07, 6.45) is -1.89. The Hall–Kier alpha value is -4.95. The predicted molar refractivity (Wildman–Crippen MR) is 267 cm³/mol. The Bertz CT molecular complexity index is 3310. The maximum atomic E-state index is 13.7. The number of nitrogens with one attached hydrogen (secondary N) is 3. The van der Waals surface area contributed by atoms with Gasteiger partial charge in [0.2, 0.25) is 5.95 Å². The second-order valence-electron chi connectivity index (χ2n) is 16.8. The number of imidazole rings is 1. The third kappa shape index (κ3) is 13.0. The number of fused-ring (bicyclic) bond motifs is 3. The van der Waals surface area contributed by atoms with Crippen LogP contribution in [0.1, 0.15) is 72.2 Å². The number of nitrogens with two attached hydrogens (primary N) is 1. The quantitative estimate of drug-likeness (QED) is 0.0123. The van der Waals surface area contributed by atoms with E-state index in [0.717, 1.165) is 22.2 Å². The van der Waals surface area contributed by atoms with Gasteiger partial charge in [-0.2, -0.15) is 13.6 Å². The fourth-order valence-corrected chi connectivity index (χ4v) is 13.0. The lowest BCUT2D eigenvalue weighted by Gasteiger charge is -2.25. The number of aromatic carboxylic acids is 1. The zero-order valence-electron chi connectivity index (χ0n) is 39.3. The van der Waals surface area contributed by atoms with E-state index >= 15 is 0 Å². The molecule has 1 saturated heterocycles. The highest BCUT2D eigenvalue weighted by atomic mass is 33.1. The Balaban J connectivity index is 1.04. The summed E-state index contributed by atoms with van der Waals surface area (Å²) in [6, 6.07) is 12.2. The Morgan fingerprint density at radius 2 is 1.78 bits per heavy atom. The molecule has 0 bridgehead atoms. The summed E-state index contributed by atoms with van der Waals surface area (Å²) in [5.74, 6) is -1.52. The van der Waals surface area contributed by atoms with E-state index in [1.54, 1.807) is 12.1 Å². The van der Waals surface area contributed by atoms with Crippen LogP contribution in [0.25, 0.3) is 44.6 Å². The van der Waals surface area contributed by atoms with Crippen LogP contribution in [0.15, 0.2) is 63.0 Å². The highest BCUT2D eigenvalue weighted by Gasteiger charge is 2.44. The van der Waals surface area contributed by atoms with Crippen LogP contribution in [0, 0.1) is 13.8 Å². The number of anilines is 2. The summed E-state index contributed by atoms with van der Waals surface area (Å²) in [5.41, 5.74) is 9.98. The number of nitrogens with zero attached hydrogens (tertiary/aromatic N) is 4. The van der Waals surface area contributed by atoms with Crippen LogP contribution in [0.2, 0.25) is 0 Å². The molecule has 4 heterocycles. The topological polar surface area (TPSA) is 372 Å². The van der Waals surface area contributed by atoms with Gasteiger partial charge in [-0.1, -0.05) is 27.7 Å². The molecule has 3 unspecified atom stereocenters. The van der Waals surface area contributed by atoms with E-state index in [2.05, 4.69) is 39.2 Å². The van der Waals surface area contributed by atoms with Crippen LogP contribution in [0.3, 0.4) is 0 Å². The highest BCUT2D eigenvalue weighted by Crippen LogP contribution is 2.66. The smallest absolute Gasteiger partial charge is 0.478 e. The first-order valence-electron chi connectivity index (χ1n) is 21.8. The van der Waals surface area contributed by atoms with Crippen LogP contribution in [0.5, 0.6) is 0 Å². The SMILES string of the molecule is CCN=c1cc2oc3cc(NCC)c(C)cc3c(-c3ccc(C(=O)NCC(C)(C)SSCOC4C[C@H](n5cnc6c(=O)[nH]c(N)nc65)O[C@@H]4COP(=O)(O)OP(=O)(O)OP(=O)(O)O)cc3C(=O)O)c-2cc1C. The van der Waals surface area contributed by atoms with Gasteiger partial charge in [-0.05, 0) is 82.5 Å². The average molecular weight is 1100 g/mol. The predicted octanol–water partition coefficient (Wildman–Crippen LogP) is 6.45. The number of carbonyl (C=O) groups is 2. The van der Waals surface area contributed by atoms with Crippen LogP contribution in [-0.4, -0.2) is 105 Å². The lowest BCUT2D eigenvalue weighted by atomic mass is 9.88. The summed E-state index contributed by atoms with van der Waals surface area (Å²) in [7, 11) is -14.5. The first-order valence-corrected chi connectivity index (χ1v) is 28.6. The first kappa shape index (κ1) is 54.8. The number of aromatic nitrogens is 4. The van der Waals surface area contributed by atoms with Crippen molar-refractivity contribution in [2.75, 3.05) is 43.2 Å². The Labute approximate surface area is 417 Å². The fourth-order valence-electron chi connectivity index (χ4n) is 7.83. The van der Waals surface area contributed by atoms with Crippen molar-refractivity contribution in [2.24, 2.45) is 4.99 Å². The van der Waals surface area contributed by atoms with Crippen molar-refractivity contribution in [1.29, 1.82) is 0 Å². The number of amides is 1. The molecule has 1 fully saturated rings. The minimum absolute atomic E-state index is 0.00484. The van der Waals surface area contributed by atoms with E-state index in [1.165, 1.54) is 38.5 Å². The van der Waals surface area contributed by atoms with Crippen molar-refractivity contribution in [2.45, 2.75) is 71.1 Å². The molecule has 3 aliphatic rings. The standard InChI is InChI=1S/C42H51N8O17P3S2/c1-7-44-28-14-30-26(11-21(28)3)35(27-12-22(4)29(45-8-2)15-31(27)64-30)24-10-9-23(13-25(24)40(53)54)38(51)46-18-42(5,6)72-71-20-62-32-16-34(50-19-47-36-37(50)48-41(43)49-39(36)52)65-33(32)17-63-69(58,59)67-70(60,61)66-68(55,56)57/h9-15,19,32-34,44H,7-8,16-18,20H2,1-6H3,(H,46,51)(H,53,54)(H,58,59)(H,60,61)(H2,55,56,57)(H3,43,48,49,52)/t32?,33-,34-/m1/s1. The second kappa shape index (κ2) is 21.9. The molecule has 25 nitrogen and oxygen atoms in total. The van der Waals surface area contributed by atoms with Gasteiger partial charge in [-0.15, -0.1) is 0 Å². The van der Waals surface area contributed by atoms with Crippen molar-refractivity contribution < 1.29 is 75.0 Å². The number of carboxylic acids is 1. The molecule has 2 aromatic heterocycles. The largest absolute Gasteiger partial charge is 0.490 e. The average Bonchev–Trinajstić information content (AvgIpc) is 3.89. The Morgan fingerprint density at radius 3 is 2.47 bits per heavy atom. The van der Waals surface area contributed by atoms with Gasteiger partial charge < -0.3 is 54.9 Å². The number of hydrogen-bond donors (Lipinski definition) is 9. The molecule has 72 heavy (non-hydrogen) atoms. The summed E-state index contributed by atoms with van der Waals surface area (Å²) in [4.78, 5) is 91.8. The van der Waals surface area contributed by atoms with E-state index in [9.17, 15) is 43.0 Å². The first-order chi connectivity index (χ1) is 33.8. The Kier molecular flexibility index (Phi) is 16.6. The van der Waals surface area contributed by atoms with Gasteiger partial charge in [-0.25, -0.2) is 23.5 Å². The molecule has 10 N–H and O–H groups in total. The lowest BCUT2D eigenvalue weighted by molar-refractivity contribution is -0.0522. The summed E-state index contributed by atoms with van der Waals surface area (Å²) in [5, 5.41) is 18.3. The van der Waals surface area contributed by atoms with E-state index < -0.39 is 70.7 Å². The number of phosphoric ester groups is 1. The highest BCUT2D eigenvalue weighted by molar-refractivity contribution is 8.77. The van der Waals surface area contributed by atoms with E-state index in [1.807, 2.05) is 65.8 Å². The zero-order valence-corrected chi connectivity index (χ0v) is 43.6. The molecule has 4 aromatic rings. The number of rotatable bonds is 21. The molecule has 0 saturated carbocycles. The molecule has 2 aromatic carbocycles. The van der Waals surface area contributed by atoms with Crippen LogP contribution in [-0.2, 0) is 36.3 Å². The molecule has 2 aliphatic heterocycles. The third-order valence-corrected chi connectivity index (χ3v) is 17.7. The molecule has 5 atom stereocenters. The van der Waals surface area contributed by atoms with Gasteiger partial charge >= 0.3 is 29.4 Å². The van der Waals surface area contributed by atoms with Gasteiger partial charge in [0.1, 0.15) is 29.6 Å². The number of carbonyl (C=O) groups excluding carboxylic acids is 1. The number of aryl methyl sites for hydroxylation is 2. The van der Waals surface area contributed by atoms with Crippen molar-refractivity contribution >= 4 is 90.7 Å². The minimum atomic E-state index is -5.81. The zero-order chi connectivity index (χ0) is 52.5.